The molecule has 0 radical (unpaired) electrons. The van der Waals surface area contributed by atoms with Crippen LogP contribution >= 0.6 is 0 Å². The number of rotatable bonds is 16. The number of carboxylic acid groups (broad SMARTS) is 2. The van der Waals surface area contributed by atoms with Crippen LogP contribution in [0.2, 0.25) is 0 Å². The van der Waals surface area contributed by atoms with Crippen molar-refractivity contribution in [3.63, 3.8) is 0 Å². The van der Waals surface area contributed by atoms with E-state index in [1.54, 1.807) is 97.1 Å². The lowest BCUT2D eigenvalue weighted by Crippen LogP contribution is -2.64. The van der Waals surface area contributed by atoms with Gasteiger partial charge in [-0.05, 0) is 24.0 Å². The number of nitrogens with zero attached hydrogens (tertiary/aromatic N) is 2. The molecule has 5 rings (SSSR count). The van der Waals surface area contributed by atoms with Gasteiger partial charge < -0.3 is 20.0 Å². The molecule has 4 aromatic carbocycles. The zero-order valence-corrected chi connectivity index (χ0v) is 29.2. The molecular weight excluding hydrogens is 660 g/mol. The molecule has 1 aliphatic carbocycles. The minimum absolute atomic E-state index is 0.0840. The third kappa shape index (κ3) is 8.18. The van der Waals surface area contributed by atoms with Crippen LogP contribution in [0.4, 0.5) is 0 Å². The van der Waals surface area contributed by atoms with Gasteiger partial charge in [0.25, 0.3) is 0 Å². The van der Waals surface area contributed by atoms with Gasteiger partial charge >= 0.3 is 11.9 Å². The van der Waals surface area contributed by atoms with Crippen molar-refractivity contribution < 1.29 is 39.0 Å². The molecule has 0 heterocycles. The summed E-state index contributed by atoms with van der Waals surface area (Å²) in [5.74, 6) is -10.4. The molecule has 0 spiro atoms. The molecule has 1 fully saturated rings. The average Bonchev–Trinajstić information content (AvgIpc) is 3.14. The highest BCUT2D eigenvalue weighted by Gasteiger charge is 2.64. The maximum Gasteiger partial charge on any atom is 0.308 e. The van der Waals surface area contributed by atoms with Crippen LogP contribution in [0.1, 0.15) is 69.7 Å². The smallest absolute Gasteiger partial charge is 0.308 e. The van der Waals surface area contributed by atoms with E-state index in [1.165, 1.54) is 9.80 Å². The molecule has 1 aliphatic rings. The predicted molar refractivity (Wildman–Crippen MR) is 193 cm³/mol. The van der Waals surface area contributed by atoms with Crippen LogP contribution in [0.25, 0.3) is 0 Å². The third-order valence-electron chi connectivity index (χ3n) is 9.55. The van der Waals surface area contributed by atoms with Crippen LogP contribution in [0.3, 0.4) is 0 Å². The second-order valence-electron chi connectivity index (χ2n) is 13.1. The highest BCUT2D eigenvalue weighted by Crippen LogP contribution is 2.49. The number of hydrogen-bond donors (Lipinski definition) is 2. The number of carbonyl (C=O) groups is 6. The fourth-order valence-electron chi connectivity index (χ4n) is 6.95. The number of ketones is 2. The van der Waals surface area contributed by atoms with Gasteiger partial charge in [-0.15, -0.1) is 0 Å². The number of hydrogen-bond acceptors (Lipinski definition) is 6. The molecular formula is C42H42N2O8. The Balaban J connectivity index is 1.37. The Morgan fingerprint density at radius 1 is 0.462 bits per heavy atom. The first-order valence-corrected chi connectivity index (χ1v) is 17.5. The Morgan fingerprint density at radius 2 is 0.769 bits per heavy atom. The third-order valence-corrected chi connectivity index (χ3v) is 9.55. The molecule has 4 atom stereocenters. The van der Waals surface area contributed by atoms with Gasteiger partial charge in [0.1, 0.15) is 0 Å². The van der Waals surface area contributed by atoms with Crippen LogP contribution in [0.5, 0.6) is 0 Å². The van der Waals surface area contributed by atoms with Crippen LogP contribution in [-0.2, 0) is 32.3 Å². The number of carbonyl (C=O) groups excluding carboxylic acids is 4. The topological polar surface area (TPSA) is 149 Å². The lowest BCUT2D eigenvalue weighted by Gasteiger charge is -2.48. The summed E-state index contributed by atoms with van der Waals surface area (Å²) in [4.78, 5) is 82.2. The normalized spacial score (nSPS) is 17.7. The van der Waals surface area contributed by atoms with Gasteiger partial charge in [-0.25, -0.2) is 0 Å². The summed E-state index contributed by atoms with van der Waals surface area (Å²) in [6.07, 6.45) is 1.07. The van der Waals surface area contributed by atoms with E-state index in [9.17, 15) is 39.0 Å². The van der Waals surface area contributed by atoms with E-state index in [-0.39, 0.29) is 37.7 Å². The molecule has 0 bridgehead atoms. The highest BCUT2D eigenvalue weighted by molar-refractivity contribution is 6.09. The molecule has 2 amide bonds. The van der Waals surface area contributed by atoms with Crippen molar-refractivity contribution in [3.05, 3.63) is 143 Å². The van der Waals surface area contributed by atoms with E-state index >= 15 is 0 Å². The second kappa shape index (κ2) is 16.9. The summed E-state index contributed by atoms with van der Waals surface area (Å²) in [6.45, 7) is 4.39. The van der Waals surface area contributed by atoms with Gasteiger partial charge in [-0.3, -0.25) is 28.8 Å². The molecule has 4 aromatic rings. The highest BCUT2D eigenvalue weighted by atomic mass is 16.4. The van der Waals surface area contributed by atoms with Gasteiger partial charge in [-0.1, -0.05) is 123 Å². The zero-order chi connectivity index (χ0) is 37.4. The zero-order valence-electron chi connectivity index (χ0n) is 29.2. The Kier molecular flexibility index (Phi) is 12.1. The fourth-order valence-corrected chi connectivity index (χ4v) is 6.95. The van der Waals surface area contributed by atoms with Gasteiger partial charge in [-0.2, -0.15) is 0 Å². The first-order chi connectivity index (χ1) is 25.0. The molecule has 1 saturated carbocycles. The molecule has 4 unspecified atom stereocenters. The molecule has 10 nitrogen and oxygen atoms in total. The number of carboxylic acids is 2. The predicted octanol–water partition coefficient (Wildman–Crippen LogP) is 5.97. The molecule has 52 heavy (non-hydrogen) atoms. The Bertz CT molecular complexity index is 1770. The minimum Gasteiger partial charge on any atom is -0.481 e. The van der Waals surface area contributed by atoms with Crippen molar-refractivity contribution in [2.45, 2.75) is 39.8 Å². The van der Waals surface area contributed by atoms with E-state index in [4.69, 9.17) is 0 Å². The first kappa shape index (κ1) is 37.4. The van der Waals surface area contributed by atoms with Crippen LogP contribution in [0, 0.1) is 23.7 Å². The number of benzene rings is 4. The molecule has 2 N–H and O–H groups in total. The van der Waals surface area contributed by atoms with E-state index in [2.05, 4.69) is 0 Å². The van der Waals surface area contributed by atoms with Crippen molar-refractivity contribution >= 4 is 35.3 Å². The molecule has 268 valence electrons. The van der Waals surface area contributed by atoms with Gasteiger partial charge in [0.2, 0.25) is 11.8 Å². The SMILES string of the molecule is CCCN(Cc1ccc(C(=O)c2ccccc2)cc1)C(=O)C1C(C(=O)O)C(C(=O)O)C1C(=O)N(CCC)Cc1ccc(C(=O)c2ccccc2)cc1. The standard InChI is InChI=1S/C42H42N2O8/c1-3-23-43(25-27-15-19-31(20-16-27)37(45)29-11-7-5-8-12-29)39(47)33-34(36(42(51)52)35(33)41(49)50)40(48)44(24-4-2)26-28-17-21-32(22-18-28)38(46)30-13-9-6-10-14-30/h5-22,33-36H,3-4,23-26H2,1-2H3,(H,49,50)(H,51,52). The Labute approximate surface area is 302 Å². The van der Waals surface area contributed by atoms with Crippen molar-refractivity contribution in [1.29, 1.82) is 0 Å². The number of aliphatic carboxylic acids is 2. The summed E-state index contributed by atoms with van der Waals surface area (Å²) in [5, 5.41) is 20.3. The quantitative estimate of drug-likeness (QED) is 0.136. The lowest BCUT2D eigenvalue weighted by molar-refractivity contribution is -0.187. The van der Waals surface area contributed by atoms with E-state index < -0.39 is 47.4 Å². The number of amides is 2. The van der Waals surface area contributed by atoms with Gasteiger partial charge in [0.05, 0.1) is 23.7 Å². The summed E-state index contributed by atoms with van der Waals surface area (Å²) in [7, 11) is 0. The van der Waals surface area contributed by atoms with Crippen molar-refractivity contribution in [1.82, 2.24) is 9.80 Å². The maximum atomic E-state index is 14.2. The fraction of sp³-hybridized carbons (Fsp3) is 0.286. The summed E-state index contributed by atoms with van der Waals surface area (Å²) in [6, 6.07) is 31.3. The van der Waals surface area contributed by atoms with Crippen LogP contribution in [-0.4, -0.2) is 68.4 Å². The monoisotopic (exact) mass is 702 g/mol. The van der Waals surface area contributed by atoms with Crippen molar-refractivity contribution in [3.8, 4) is 0 Å². The van der Waals surface area contributed by atoms with Crippen molar-refractivity contribution in [2.24, 2.45) is 23.7 Å². The van der Waals surface area contributed by atoms with Crippen LogP contribution in [0.15, 0.2) is 109 Å². The average molecular weight is 703 g/mol. The molecule has 0 aromatic heterocycles. The summed E-state index contributed by atoms with van der Waals surface area (Å²) in [5.41, 5.74) is 3.40. The summed E-state index contributed by atoms with van der Waals surface area (Å²) >= 11 is 0. The minimum atomic E-state index is -1.59. The van der Waals surface area contributed by atoms with Crippen LogP contribution < -0.4 is 0 Å². The van der Waals surface area contributed by atoms with Gasteiger partial charge in [0.15, 0.2) is 11.6 Å². The van der Waals surface area contributed by atoms with E-state index in [1.807, 2.05) is 26.0 Å². The Morgan fingerprint density at radius 3 is 1.06 bits per heavy atom. The van der Waals surface area contributed by atoms with E-state index in [0.717, 1.165) is 0 Å². The molecule has 0 saturated heterocycles. The summed E-state index contributed by atoms with van der Waals surface area (Å²) < 4.78 is 0. The maximum absolute atomic E-state index is 14.2. The van der Waals surface area contributed by atoms with Gasteiger partial charge in [0, 0.05) is 48.4 Å². The van der Waals surface area contributed by atoms with Crippen molar-refractivity contribution in [2.75, 3.05) is 13.1 Å². The first-order valence-electron chi connectivity index (χ1n) is 17.5. The second-order valence-corrected chi connectivity index (χ2v) is 13.1. The molecule has 0 aliphatic heterocycles. The van der Waals surface area contributed by atoms with E-state index in [0.29, 0.717) is 46.2 Å². The Hall–Kier alpha value is -5.90. The lowest BCUT2D eigenvalue weighted by atomic mass is 9.55. The largest absolute Gasteiger partial charge is 0.481 e. The molecule has 10 heteroatoms.